The van der Waals surface area contributed by atoms with Crippen molar-refractivity contribution >= 4 is 17.7 Å². The topological polar surface area (TPSA) is 118 Å². The number of aromatic nitrogens is 5. The Morgan fingerprint density at radius 1 is 1.47 bits per heavy atom. The molecule has 0 atom stereocenters. The molecule has 0 aliphatic rings. The Bertz CT molecular complexity index is 485. The first kappa shape index (κ1) is 9.19. The zero-order valence-electron chi connectivity index (χ0n) is 7.74. The fourth-order valence-corrected chi connectivity index (χ4v) is 1.11. The van der Waals surface area contributed by atoms with Crippen LogP contribution in [0.3, 0.4) is 0 Å². The van der Waals surface area contributed by atoms with Crippen molar-refractivity contribution < 1.29 is 4.79 Å². The summed E-state index contributed by atoms with van der Waals surface area (Å²) in [6, 6.07) is 0. The standard InChI is InChI=1S/C7H9N7O/c8-5-3-11-14(12-5)4-6(15)13-2-1-10-7(13)9/h1-3H,4H2,(H2,8,12)(H2,9,10). The number of hydrogen-bond acceptors (Lipinski definition) is 6. The number of carbonyl (C=O) groups excluding carboxylic acids is 1. The summed E-state index contributed by atoms with van der Waals surface area (Å²) in [5, 5.41) is 7.56. The van der Waals surface area contributed by atoms with Gasteiger partial charge in [0.25, 0.3) is 5.91 Å². The number of anilines is 2. The highest BCUT2D eigenvalue weighted by molar-refractivity contribution is 5.80. The van der Waals surface area contributed by atoms with Crippen LogP contribution in [0.4, 0.5) is 11.8 Å². The maximum absolute atomic E-state index is 11.6. The molecule has 0 aromatic carbocycles. The van der Waals surface area contributed by atoms with E-state index in [0.717, 1.165) is 0 Å². The molecule has 0 unspecified atom stereocenters. The van der Waals surface area contributed by atoms with Gasteiger partial charge in [0.05, 0.1) is 6.20 Å². The number of nitrogen functional groups attached to an aromatic ring is 2. The van der Waals surface area contributed by atoms with E-state index in [2.05, 4.69) is 15.2 Å². The van der Waals surface area contributed by atoms with Crippen LogP contribution in [0.15, 0.2) is 18.6 Å². The number of hydrogen-bond donors (Lipinski definition) is 2. The van der Waals surface area contributed by atoms with Crippen molar-refractivity contribution in [1.82, 2.24) is 24.5 Å². The second kappa shape index (κ2) is 3.40. The quantitative estimate of drug-likeness (QED) is 0.650. The van der Waals surface area contributed by atoms with Crippen LogP contribution in [0, 0.1) is 0 Å². The zero-order valence-corrected chi connectivity index (χ0v) is 7.74. The van der Waals surface area contributed by atoms with Gasteiger partial charge >= 0.3 is 0 Å². The first-order valence-corrected chi connectivity index (χ1v) is 4.14. The number of nitrogens with two attached hydrogens (primary N) is 2. The first-order valence-electron chi connectivity index (χ1n) is 4.14. The summed E-state index contributed by atoms with van der Waals surface area (Å²) in [6.07, 6.45) is 4.28. The third-order valence-corrected chi connectivity index (χ3v) is 1.77. The van der Waals surface area contributed by atoms with Gasteiger partial charge in [0, 0.05) is 12.4 Å². The third kappa shape index (κ3) is 1.77. The molecule has 8 heteroatoms. The maximum Gasteiger partial charge on any atom is 0.257 e. The lowest BCUT2D eigenvalue weighted by Gasteiger charge is -2.01. The Morgan fingerprint density at radius 3 is 2.80 bits per heavy atom. The van der Waals surface area contributed by atoms with E-state index >= 15 is 0 Å². The van der Waals surface area contributed by atoms with Crippen molar-refractivity contribution in [1.29, 1.82) is 0 Å². The van der Waals surface area contributed by atoms with E-state index in [1.807, 2.05) is 0 Å². The summed E-state index contributed by atoms with van der Waals surface area (Å²) < 4.78 is 1.22. The van der Waals surface area contributed by atoms with Crippen molar-refractivity contribution in [3.63, 3.8) is 0 Å². The summed E-state index contributed by atoms with van der Waals surface area (Å²) in [7, 11) is 0. The van der Waals surface area contributed by atoms with Crippen LogP contribution in [-0.2, 0) is 6.54 Å². The van der Waals surface area contributed by atoms with Gasteiger partial charge in [-0.3, -0.25) is 9.36 Å². The Morgan fingerprint density at radius 2 is 2.27 bits per heavy atom. The van der Waals surface area contributed by atoms with Crippen molar-refractivity contribution in [2.24, 2.45) is 0 Å². The summed E-state index contributed by atoms with van der Waals surface area (Å²) >= 11 is 0. The minimum absolute atomic E-state index is 0.0300. The SMILES string of the molecule is Nc1cnn(CC(=O)n2ccnc2N)n1. The highest BCUT2D eigenvalue weighted by atomic mass is 16.2. The minimum atomic E-state index is -0.277. The van der Waals surface area contributed by atoms with Crippen LogP contribution in [0.5, 0.6) is 0 Å². The number of imidazole rings is 1. The van der Waals surface area contributed by atoms with Gasteiger partial charge in [0.1, 0.15) is 6.54 Å². The van der Waals surface area contributed by atoms with E-state index in [4.69, 9.17) is 11.5 Å². The molecule has 0 spiro atoms. The van der Waals surface area contributed by atoms with Gasteiger partial charge in [0.15, 0.2) is 5.82 Å². The fourth-order valence-electron chi connectivity index (χ4n) is 1.11. The van der Waals surface area contributed by atoms with E-state index in [9.17, 15) is 4.79 Å². The highest BCUT2D eigenvalue weighted by Crippen LogP contribution is 1.99. The number of carbonyl (C=O) groups is 1. The molecule has 78 valence electrons. The molecular weight excluding hydrogens is 198 g/mol. The first-order chi connectivity index (χ1) is 7.16. The molecule has 0 saturated heterocycles. The molecule has 0 aliphatic heterocycles. The lowest BCUT2D eigenvalue weighted by Crippen LogP contribution is -2.20. The van der Waals surface area contributed by atoms with E-state index in [0.29, 0.717) is 0 Å². The van der Waals surface area contributed by atoms with Crippen LogP contribution in [0.1, 0.15) is 4.79 Å². The second-order valence-electron chi connectivity index (χ2n) is 2.85. The molecule has 2 aromatic rings. The minimum Gasteiger partial charge on any atom is -0.381 e. The summed E-state index contributed by atoms with van der Waals surface area (Å²) in [4.78, 5) is 16.5. The average molecular weight is 207 g/mol. The Balaban J connectivity index is 2.14. The molecule has 0 amide bonds. The van der Waals surface area contributed by atoms with Crippen LogP contribution in [-0.4, -0.2) is 30.5 Å². The van der Waals surface area contributed by atoms with E-state index in [1.165, 1.54) is 28.0 Å². The van der Waals surface area contributed by atoms with E-state index in [-0.39, 0.29) is 24.2 Å². The van der Waals surface area contributed by atoms with Gasteiger partial charge in [-0.2, -0.15) is 9.90 Å². The maximum atomic E-state index is 11.6. The van der Waals surface area contributed by atoms with Gasteiger partial charge in [-0.25, -0.2) is 4.98 Å². The fraction of sp³-hybridized carbons (Fsp3) is 0.143. The predicted molar refractivity (Wildman–Crippen MR) is 51.7 cm³/mol. The normalized spacial score (nSPS) is 10.4. The Kier molecular flexibility index (Phi) is 2.08. The second-order valence-corrected chi connectivity index (χ2v) is 2.85. The van der Waals surface area contributed by atoms with E-state index < -0.39 is 0 Å². The largest absolute Gasteiger partial charge is 0.381 e. The van der Waals surface area contributed by atoms with Gasteiger partial charge in [-0.1, -0.05) is 0 Å². The monoisotopic (exact) mass is 207 g/mol. The van der Waals surface area contributed by atoms with Crippen LogP contribution >= 0.6 is 0 Å². The Labute approximate surface area is 84.5 Å². The molecule has 2 aromatic heterocycles. The molecule has 0 fully saturated rings. The van der Waals surface area contributed by atoms with E-state index in [1.54, 1.807) is 0 Å². The smallest absolute Gasteiger partial charge is 0.257 e. The lowest BCUT2D eigenvalue weighted by atomic mass is 10.6. The van der Waals surface area contributed by atoms with Crippen molar-refractivity contribution in [3.05, 3.63) is 18.6 Å². The summed E-state index contributed by atoms with van der Waals surface area (Å²) in [5.41, 5.74) is 10.8. The summed E-state index contributed by atoms with van der Waals surface area (Å²) in [6.45, 7) is -0.0300. The predicted octanol–water partition coefficient (Wildman–Crippen LogP) is -1.02. The zero-order chi connectivity index (χ0) is 10.8. The van der Waals surface area contributed by atoms with Gasteiger partial charge in [-0.15, -0.1) is 5.10 Å². The number of nitrogens with zero attached hydrogens (tertiary/aromatic N) is 5. The van der Waals surface area contributed by atoms with Crippen molar-refractivity contribution in [3.8, 4) is 0 Å². The van der Waals surface area contributed by atoms with Crippen LogP contribution in [0.2, 0.25) is 0 Å². The molecule has 0 aliphatic carbocycles. The molecule has 2 rings (SSSR count). The third-order valence-electron chi connectivity index (χ3n) is 1.77. The van der Waals surface area contributed by atoms with Crippen LogP contribution < -0.4 is 11.5 Å². The molecule has 15 heavy (non-hydrogen) atoms. The van der Waals surface area contributed by atoms with Crippen LogP contribution in [0.25, 0.3) is 0 Å². The Hall–Kier alpha value is -2.38. The molecule has 0 saturated carbocycles. The molecule has 0 bridgehead atoms. The molecular formula is C7H9N7O. The van der Waals surface area contributed by atoms with Gasteiger partial charge in [-0.05, 0) is 0 Å². The number of rotatable bonds is 2. The molecule has 8 nitrogen and oxygen atoms in total. The van der Waals surface area contributed by atoms with Gasteiger partial charge < -0.3 is 11.5 Å². The average Bonchev–Trinajstić information content (AvgIpc) is 2.75. The van der Waals surface area contributed by atoms with Gasteiger partial charge in [0.2, 0.25) is 5.95 Å². The van der Waals surface area contributed by atoms with Crippen molar-refractivity contribution in [2.45, 2.75) is 6.54 Å². The molecule has 2 heterocycles. The summed E-state index contributed by atoms with van der Waals surface area (Å²) in [5.74, 6) is 0.127. The lowest BCUT2D eigenvalue weighted by molar-refractivity contribution is 0.0883. The molecule has 0 radical (unpaired) electrons. The highest BCUT2D eigenvalue weighted by Gasteiger charge is 2.10. The molecule has 4 N–H and O–H groups in total. The van der Waals surface area contributed by atoms with Crippen molar-refractivity contribution in [2.75, 3.05) is 11.5 Å².